The van der Waals surface area contributed by atoms with Crippen molar-refractivity contribution in [1.82, 2.24) is 15.0 Å². The first-order chi connectivity index (χ1) is 11.7. The molecule has 0 atom stereocenters. The van der Waals surface area contributed by atoms with Crippen LogP contribution in [0.15, 0.2) is 40.3 Å². The Labute approximate surface area is 174 Å². The van der Waals surface area contributed by atoms with E-state index in [0.717, 1.165) is 16.9 Å². The number of aliphatic hydroxyl groups excluding tert-OH is 2. The van der Waals surface area contributed by atoms with Crippen LogP contribution in [0.25, 0.3) is 10.3 Å². The minimum Gasteiger partial charge on any atom is -0.394 e. The maximum atomic E-state index is 11.6. The molecule has 1 radical (unpaired) electrons. The summed E-state index contributed by atoms with van der Waals surface area (Å²) in [6.45, 7) is -0.485. The number of H-pyrrole nitrogens is 1. The van der Waals surface area contributed by atoms with Crippen LogP contribution in [0.2, 0.25) is 0 Å². The second kappa shape index (κ2) is 9.67. The number of benzene rings is 1. The van der Waals surface area contributed by atoms with E-state index in [1.807, 2.05) is 30.3 Å². The fraction of sp³-hybridized carbons (Fsp3) is 0.267. The Kier molecular flexibility index (Phi) is 7.88. The molecule has 25 heavy (non-hydrogen) atoms. The monoisotopic (exact) mass is 387 g/mol. The van der Waals surface area contributed by atoms with Gasteiger partial charge in [0.2, 0.25) is 0 Å². The van der Waals surface area contributed by atoms with Gasteiger partial charge in [0, 0.05) is 35.3 Å². The second-order valence-electron chi connectivity index (χ2n) is 5.03. The van der Waals surface area contributed by atoms with Crippen LogP contribution < -0.4 is 10.2 Å². The summed E-state index contributed by atoms with van der Waals surface area (Å²) >= 11 is 2.44. The smallest absolute Gasteiger partial charge is 0.306 e. The number of aromatic amines is 1. The molecular formula is C15H16N4NaO3S2. The van der Waals surface area contributed by atoms with E-state index in [1.165, 1.54) is 11.8 Å². The van der Waals surface area contributed by atoms with Gasteiger partial charge in [-0.1, -0.05) is 53.4 Å². The summed E-state index contributed by atoms with van der Waals surface area (Å²) in [7, 11) is 0. The summed E-state index contributed by atoms with van der Waals surface area (Å²) in [5, 5.41) is 22.0. The first-order valence-electron chi connectivity index (χ1n) is 7.25. The maximum Gasteiger partial charge on any atom is 0.306 e. The summed E-state index contributed by atoms with van der Waals surface area (Å²) in [4.78, 5) is 22.9. The molecule has 7 nitrogen and oxygen atoms in total. The van der Waals surface area contributed by atoms with E-state index < -0.39 is 6.04 Å². The number of hydrogen-bond acceptors (Lipinski definition) is 8. The van der Waals surface area contributed by atoms with E-state index in [-0.39, 0.29) is 47.6 Å². The minimum atomic E-state index is -0.549. The number of rotatable bonds is 7. The molecule has 3 aromatic rings. The summed E-state index contributed by atoms with van der Waals surface area (Å²) in [5.74, 6) is 1.14. The van der Waals surface area contributed by atoms with Crippen LogP contribution >= 0.6 is 23.1 Å². The fourth-order valence-electron chi connectivity index (χ4n) is 2.05. The molecular weight excluding hydrogens is 371 g/mol. The molecule has 0 spiro atoms. The molecule has 0 aliphatic rings. The predicted octanol–water partition coefficient (Wildman–Crippen LogP) is 1.06. The largest absolute Gasteiger partial charge is 0.394 e. The average Bonchev–Trinajstić information content (AvgIpc) is 2.99. The van der Waals surface area contributed by atoms with Crippen molar-refractivity contribution in [2.24, 2.45) is 0 Å². The Balaban J connectivity index is 0.00000225. The zero-order chi connectivity index (χ0) is 16.9. The molecule has 1 aromatic carbocycles. The molecule has 127 valence electrons. The standard InChI is InChI=1S/C15H16N4O3S2.Na/c20-6-10(7-21)16-12-11-13(19-15(22)24-11)18-14(17-12)23-8-9-4-2-1-3-5-9;/h1-5,10,20-21H,6-8H2,(H2,16,17,18,19,22);. The number of aliphatic hydroxyl groups is 2. The van der Waals surface area contributed by atoms with E-state index in [2.05, 4.69) is 20.3 Å². The Morgan fingerprint density at radius 3 is 2.60 bits per heavy atom. The van der Waals surface area contributed by atoms with E-state index in [4.69, 9.17) is 0 Å². The van der Waals surface area contributed by atoms with Gasteiger partial charge >= 0.3 is 4.87 Å². The zero-order valence-corrected chi connectivity index (χ0v) is 17.2. The molecule has 2 heterocycles. The Bertz CT molecular complexity index is 868. The van der Waals surface area contributed by atoms with Gasteiger partial charge in [-0.25, -0.2) is 9.97 Å². The van der Waals surface area contributed by atoms with Crippen LogP contribution in [0.1, 0.15) is 5.56 Å². The van der Waals surface area contributed by atoms with Gasteiger partial charge in [0.15, 0.2) is 16.6 Å². The van der Waals surface area contributed by atoms with Crippen LogP contribution in [-0.2, 0) is 5.75 Å². The van der Waals surface area contributed by atoms with E-state index in [9.17, 15) is 15.0 Å². The zero-order valence-electron chi connectivity index (χ0n) is 13.6. The predicted molar refractivity (Wildman–Crippen MR) is 101 cm³/mol. The van der Waals surface area contributed by atoms with Gasteiger partial charge in [-0.05, 0) is 5.56 Å². The van der Waals surface area contributed by atoms with Crippen LogP contribution in [0.5, 0.6) is 0 Å². The first-order valence-corrected chi connectivity index (χ1v) is 9.05. The van der Waals surface area contributed by atoms with E-state index in [0.29, 0.717) is 27.1 Å². The van der Waals surface area contributed by atoms with Gasteiger partial charge in [0.05, 0.1) is 19.3 Å². The number of hydrogen-bond donors (Lipinski definition) is 4. The number of thiazole rings is 1. The average molecular weight is 387 g/mol. The van der Waals surface area contributed by atoms with Crippen molar-refractivity contribution in [3.63, 3.8) is 0 Å². The van der Waals surface area contributed by atoms with Crippen molar-refractivity contribution in [2.45, 2.75) is 17.0 Å². The van der Waals surface area contributed by atoms with Crippen molar-refractivity contribution < 1.29 is 10.2 Å². The molecule has 3 rings (SSSR count). The van der Waals surface area contributed by atoms with Crippen LogP contribution in [-0.4, -0.2) is 74.0 Å². The van der Waals surface area contributed by atoms with E-state index in [1.54, 1.807) is 0 Å². The molecule has 4 N–H and O–H groups in total. The molecule has 0 unspecified atom stereocenters. The third-order valence-electron chi connectivity index (χ3n) is 3.25. The van der Waals surface area contributed by atoms with Crippen molar-refractivity contribution in [2.75, 3.05) is 18.5 Å². The van der Waals surface area contributed by atoms with Gasteiger partial charge in [-0.3, -0.25) is 9.78 Å². The number of aromatic nitrogens is 3. The molecule has 0 saturated carbocycles. The molecule has 0 saturated heterocycles. The van der Waals surface area contributed by atoms with E-state index >= 15 is 0 Å². The summed E-state index contributed by atoms with van der Waals surface area (Å²) in [6.07, 6.45) is 0. The normalized spacial score (nSPS) is 10.8. The van der Waals surface area contributed by atoms with Gasteiger partial charge in [-0.2, -0.15) is 0 Å². The third kappa shape index (κ3) is 5.27. The number of fused-ring (bicyclic) bond motifs is 1. The first kappa shape index (κ1) is 20.4. The minimum absolute atomic E-state index is 0. The van der Waals surface area contributed by atoms with Crippen molar-refractivity contribution in [3.05, 3.63) is 45.6 Å². The van der Waals surface area contributed by atoms with Crippen molar-refractivity contribution >= 4 is 68.8 Å². The number of thioether (sulfide) groups is 1. The Morgan fingerprint density at radius 1 is 1.20 bits per heavy atom. The van der Waals surface area contributed by atoms with Crippen LogP contribution in [0, 0.1) is 0 Å². The fourth-order valence-corrected chi connectivity index (χ4v) is 3.58. The molecule has 0 aliphatic heterocycles. The maximum absolute atomic E-state index is 11.6. The van der Waals surface area contributed by atoms with Gasteiger partial charge in [0.1, 0.15) is 4.70 Å². The second-order valence-corrected chi connectivity index (χ2v) is 6.95. The SMILES string of the molecule is O=c1[nH]c2nc(SCc3ccccc3)nc(NC(CO)CO)c2s1.[Na]. The summed E-state index contributed by atoms with van der Waals surface area (Å²) < 4.78 is 0.580. The number of nitrogens with zero attached hydrogens (tertiary/aromatic N) is 2. The molecule has 0 fully saturated rings. The van der Waals surface area contributed by atoms with Gasteiger partial charge in [-0.15, -0.1) is 0 Å². The summed E-state index contributed by atoms with van der Waals surface area (Å²) in [6, 6.07) is 9.38. The van der Waals surface area contributed by atoms with Gasteiger partial charge < -0.3 is 15.5 Å². The van der Waals surface area contributed by atoms with Crippen molar-refractivity contribution in [3.8, 4) is 0 Å². The topological polar surface area (TPSA) is 111 Å². The molecule has 2 aromatic heterocycles. The van der Waals surface area contributed by atoms with Crippen LogP contribution in [0.3, 0.4) is 0 Å². The third-order valence-corrected chi connectivity index (χ3v) is 5.05. The quantitative estimate of drug-likeness (QED) is 0.272. The van der Waals surface area contributed by atoms with Crippen LogP contribution in [0.4, 0.5) is 5.82 Å². The molecule has 0 amide bonds. The number of anilines is 1. The molecule has 0 aliphatic carbocycles. The Morgan fingerprint density at radius 2 is 1.92 bits per heavy atom. The van der Waals surface area contributed by atoms with Gasteiger partial charge in [0.25, 0.3) is 0 Å². The Hall–Kier alpha value is -0.940. The van der Waals surface area contributed by atoms with Crippen molar-refractivity contribution in [1.29, 1.82) is 0 Å². The molecule has 0 bridgehead atoms. The summed E-state index contributed by atoms with van der Waals surface area (Å²) in [5.41, 5.74) is 1.59. The molecule has 10 heteroatoms. The number of nitrogens with one attached hydrogen (secondary N) is 2.